The summed E-state index contributed by atoms with van der Waals surface area (Å²) in [4.78, 5) is 15.9. The summed E-state index contributed by atoms with van der Waals surface area (Å²) in [6.45, 7) is 7.85. The fourth-order valence-electron chi connectivity index (χ4n) is 2.95. The second-order valence-corrected chi connectivity index (χ2v) is 6.93. The van der Waals surface area contributed by atoms with Crippen molar-refractivity contribution in [2.24, 2.45) is 5.92 Å². The van der Waals surface area contributed by atoms with Crippen LogP contribution in [0.5, 0.6) is 0 Å². The van der Waals surface area contributed by atoms with E-state index in [9.17, 15) is 4.79 Å². The van der Waals surface area contributed by atoms with E-state index in [-0.39, 0.29) is 18.7 Å². The number of carbonyl (C=O) groups excluding carboxylic acids is 1. The van der Waals surface area contributed by atoms with Gasteiger partial charge < -0.3 is 15.3 Å². The van der Waals surface area contributed by atoms with Gasteiger partial charge in [0.1, 0.15) is 0 Å². The largest absolute Gasteiger partial charge is 0.395 e. The number of nitrogens with zero attached hydrogens (tertiary/aromatic N) is 5. The number of rotatable bonds is 7. The van der Waals surface area contributed by atoms with Crippen LogP contribution in [0.3, 0.4) is 0 Å². The van der Waals surface area contributed by atoms with E-state index in [4.69, 9.17) is 5.11 Å². The zero-order valence-electron chi connectivity index (χ0n) is 15.0. The van der Waals surface area contributed by atoms with Gasteiger partial charge in [-0.1, -0.05) is 5.21 Å². The van der Waals surface area contributed by atoms with Crippen molar-refractivity contribution in [2.45, 2.75) is 45.8 Å². The second-order valence-electron chi connectivity index (χ2n) is 6.93. The number of piperidine rings is 1. The molecule has 1 aliphatic heterocycles. The van der Waals surface area contributed by atoms with E-state index in [0.717, 1.165) is 38.2 Å². The Morgan fingerprint density at radius 3 is 2.79 bits per heavy atom. The summed E-state index contributed by atoms with van der Waals surface area (Å²) in [6, 6.07) is 0.214. The van der Waals surface area contributed by atoms with Crippen LogP contribution in [-0.4, -0.2) is 75.3 Å². The van der Waals surface area contributed by atoms with Gasteiger partial charge in [-0.05, 0) is 39.7 Å². The highest BCUT2D eigenvalue weighted by molar-refractivity contribution is 5.74. The first-order valence-electron chi connectivity index (χ1n) is 8.71. The molecule has 8 heteroatoms. The van der Waals surface area contributed by atoms with Crippen molar-refractivity contribution in [3.63, 3.8) is 0 Å². The number of likely N-dealkylation sites (tertiary alicyclic amines) is 1. The van der Waals surface area contributed by atoms with Gasteiger partial charge in [0.2, 0.25) is 0 Å². The molecule has 136 valence electrons. The Labute approximate surface area is 143 Å². The Morgan fingerprint density at radius 2 is 2.17 bits per heavy atom. The summed E-state index contributed by atoms with van der Waals surface area (Å²) in [5.41, 5.74) is 0.916. The molecule has 0 atom stereocenters. The highest BCUT2D eigenvalue weighted by atomic mass is 16.3. The highest BCUT2D eigenvalue weighted by Crippen LogP contribution is 2.19. The molecule has 1 saturated heterocycles. The molecule has 0 spiro atoms. The maximum absolute atomic E-state index is 12.0. The van der Waals surface area contributed by atoms with Gasteiger partial charge in [-0.15, -0.1) is 5.10 Å². The normalized spacial score (nSPS) is 16.2. The number of amides is 2. The Balaban J connectivity index is 1.76. The van der Waals surface area contributed by atoms with Gasteiger partial charge in [0.05, 0.1) is 12.3 Å². The molecule has 8 nitrogen and oxygen atoms in total. The molecule has 1 aliphatic rings. The minimum absolute atomic E-state index is 0.0402. The fraction of sp³-hybridized carbons (Fsp3) is 0.812. The summed E-state index contributed by atoms with van der Waals surface area (Å²) < 4.78 is 1.90. The molecule has 2 amide bonds. The molecule has 0 aliphatic carbocycles. The first-order chi connectivity index (χ1) is 11.5. The molecule has 0 radical (unpaired) electrons. The van der Waals surface area contributed by atoms with Crippen LogP contribution in [0.1, 0.15) is 32.4 Å². The smallest absolute Gasteiger partial charge is 0.317 e. The van der Waals surface area contributed by atoms with E-state index >= 15 is 0 Å². The molecule has 2 N–H and O–H groups in total. The van der Waals surface area contributed by atoms with Crippen LogP contribution in [0.2, 0.25) is 0 Å². The van der Waals surface area contributed by atoms with Crippen molar-refractivity contribution in [3.05, 3.63) is 11.9 Å². The Kier molecular flexibility index (Phi) is 6.99. The van der Waals surface area contributed by atoms with Gasteiger partial charge in [-0.3, -0.25) is 9.58 Å². The maximum Gasteiger partial charge on any atom is 0.317 e. The van der Waals surface area contributed by atoms with E-state index in [1.54, 1.807) is 0 Å². The maximum atomic E-state index is 12.0. The molecular weight excluding hydrogens is 308 g/mol. The molecular formula is C16H30N6O2. The molecule has 2 rings (SSSR count). The number of likely N-dealkylation sites (N-methyl/N-ethyl adjacent to an activating group) is 1. The Bertz CT molecular complexity index is 510. The van der Waals surface area contributed by atoms with Gasteiger partial charge in [-0.2, -0.15) is 0 Å². The van der Waals surface area contributed by atoms with E-state index in [2.05, 4.69) is 15.6 Å². The molecule has 2 heterocycles. The predicted molar refractivity (Wildman–Crippen MR) is 91.4 cm³/mol. The SMILES string of the molecule is CC(C)NC(=O)N1CCC(Cn2cc(CN(C)CCO)nn2)CC1. The first-order valence-corrected chi connectivity index (χ1v) is 8.71. The first kappa shape index (κ1) is 18.7. The number of aliphatic hydroxyl groups excluding tert-OH is 1. The summed E-state index contributed by atoms with van der Waals surface area (Å²) in [5, 5.41) is 20.3. The van der Waals surface area contributed by atoms with Crippen molar-refractivity contribution >= 4 is 6.03 Å². The van der Waals surface area contributed by atoms with Gasteiger partial charge in [-0.25, -0.2) is 4.79 Å². The van der Waals surface area contributed by atoms with E-state index < -0.39 is 0 Å². The third kappa shape index (κ3) is 5.76. The molecule has 1 aromatic rings. The predicted octanol–water partition coefficient (Wildman–Crippen LogP) is 0.532. The van der Waals surface area contributed by atoms with Crippen molar-refractivity contribution in [3.8, 4) is 0 Å². The summed E-state index contributed by atoms with van der Waals surface area (Å²) in [7, 11) is 1.95. The second kappa shape index (κ2) is 8.98. The Hall–Kier alpha value is -1.67. The standard InChI is InChI=1S/C16H30N6O2/c1-13(2)17-16(24)21-6-4-14(5-7-21)10-22-12-15(18-19-22)11-20(3)8-9-23/h12-14,23H,4-11H2,1-3H3,(H,17,24). The highest BCUT2D eigenvalue weighted by Gasteiger charge is 2.23. The molecule has 0 unspecified atom stereocenters. The number of urea groups is 1. The molecule has 1 fully saturated rings. The van der Waals surface area contributed by atoms with Gasteiger partial charge in [0.25, 0.3) is 0 Å². The van der Waals surface area contributed by atoms with Gasteiger partial charge in [0.15, 0.2) is 0 Å². The van der Waals surface area contributed by atoms with Crippen molar-refractivity contribution in [1.82, 2.24) is 30.1 Å². The average molecular weight is 338 g/mol. The van der Waals surface area contributed by atoms with Crippen molar-refractivity contribution in [1.29, 1.82) is 0 Å². The number of nitrogens with one attached hydrogen (secondary N) is 1. The number of carbonyl (C=O) groups is 1. The lowest BCUT2D eigenvalue weighted by molar-refractivity contribution is 0.162. The van der Waals surface area contributed by atoms with Crippen LogP contribution in [0.25, 0.3) is 0 Å². The number of hydrogen-bond acceptors (Lipinski definition) is 5. The lowest BCUT2D eigenvalue weighted by Gasteiger charge is -2.32. The number of aromatic nitrogens is 3. The number of hydrogen-bond donors (Lipinski definition) is 2. The lowest BCUT2D eigenvalue weighted by atomic mass is 9.97. The van der Waals surface area contributed by atoms with E-state index in [0.29, 0.717) is 19.0 Å². The monoisotopic (exact) mass is 338 g/mol. The van der Waals surface area contributed by atoms with Gasteiger partial charge >= 0.3 is 6.03 Å². The molecule has 1 aromatic heterocycles. The average Bonchev–Trinajstić information content (AvgIpc) is 2.94. The number of aliphatic hydroxyl groups is 1. The summed E-state index contributed by atoms with van der Waals surface area (Å²) in [6.07, 6.45) is 3.96. The molecule has 24 heavy (non-hydrogen) atoms. The fourth-order valence-corrected chi connectivity index (χ4v) is 2.95. The third-order valence-corrected chi connectivity index (χ3v) is 4.26. The summed E-state index contributed by atoms with van der Waals surface area (Å²) >= 11 is 0. The Morgan fingerprint density at radius 1 is 1.46 bits per heavy atom. The molecule has 0 saturated carbocycles. The van der Waals surface area contributed by atoms with E-state index in [1.165, 1.54) is 0 Å². The van der Waals surface area contributed by atoms with Crippen LogP contribution in [0, 0.1) is 5.92 Å². The quantitative estimate of drug-likeness (QED) is 0.757. The zero-order valence-corrected chi connectivity index (χ0v) is 15.0. The van der Waals surface area contributed by atoms with Crippen LogP contribution in [0.4, 0.5) is 4.79 Å². The van der Waals surface area contributed by atoms with Crippen LogP contribution in [-0.2, 0) is 13.1 Å². The van der Waals surface area contributed by atoms with Crippen molar-refractivity contribution in [2.75, 3.05) is 33.3 Å². The van der Waals surface area contributed by atoms with Crippen LogP contribution in [0.15, 0.2) is 6.20 Å². The minimum Gasteiger partial charge on any atom is -0.395 e. The molecule has 0 aromatic carbocycles. The van der Waals surface area contributed by atoms with E-state index in [1.807, 2.05) is 41.6 Å². The van der Waals surface area contributed by atoms with Crippen LogP contribution >= 0.6 is 0 Å². The van der Waals surface area contributed by atoms with Crippen LogP contribution < -0.4 is 5.32 Å². The van der Waals surface area contributed by atoms with Gasteiger partial charge in [0, 0.05) is 45.0 Å². The summed E-state index contributed by atoms with van der Waals surface area (Å²) in [5.74, 6) is 0.526. The topological polar surface area (TPSA) is 86.5 Å². The zero-order chi connectivity index (χ0) is 17.5. The lowest BCUT2D eigenvalue weighted by Crippen LogP contribution is -2.46. The third-order valence-electron chi connectivity index (χ3n) is 4.26. The molecule has 0 bridgehead atoms. The minimum atomic E-state index is 0.0402. The van der Waals surface area contributed by atoms with Crippen molar-refractivity contribution < 1.29 is 9.90 Å².